The van der Waals surface area contributed by atoms with Gasteiger partial charge in [-0.3, -0.25) is 0 Å². The molecule has 0 saturated carbocycles. The lowest BCUT2D eigenvalue weighted by Crippen LogP contribution is -1.77. The molecule has 0 N–H and O–H groups in total. The molecule has 106 valence electrons. The van der Waals surface area contributed by atoms with E-state index in [1.54, 1.807) is 0 Å². The highest BCUT2D eigenvalue weighted by molar-refractivity contribution is 5.82. The van der Waals surface area contributed by atoms with Gasteiger partial charge in [-0.05, 0) is 42.3 Å². The van der Waals surface area contributed by atoms with E-state index in [1.807, 2.05) is 36.4 Å². The summed E-state index contributed by atoms with van der Waals surface area (Å²) in [6.07, 6.45) is 0. The second-order valence-corrected chi connectivity index (χ2v) is 5.43. The summed E-state index contributed by atoms with van der Waals surface area (Å²) in [5, 5.41) is 0. The second-order valence-electron chi connectivity index (χ2n) is 5.43. The predicted octanol–water partition coefficient (Wildman–Crippen LogP) is 5.47. The topological polar surface area (TPSA) is 26.0 Å². The third-order valence-electron chi connectivity index (χ3n) is 3.79. The second kappa shape index (κ2) is 5.15. The maximum absolute atomic E-state index is 5.94. The molecule has 2 nitrogen and oxygen atoms in total. The Hall–Kier alpha value is -2.87. The van der Waals surface area contributed by atoms with Crippen LogP contribution in [-0.4, -0.2) is 4.98 Å². The van der Waals surface area contributed by atoms with Crippen LogP contribution >= 0.6 is 0 Å². The molecule has 0 unspecified atom stereocenters. The van der Waals surface area contributed by atoms with Gasteiger partial charge in [-0.2, -0.15) is 0 Å². The van der Waals surface area contributed by atoms with E-state index in [-0.39, 0.29) is 0 Å². The third-order valence-corrected chi connectivity index (χ3v) is 3.79. The van der Waals surface area contributed by atoms with E-state index in [0.717, 1.165) is 22.2 Å². The molecule has 0 aliphatic rings. The van der Waals surface area contributed by atoms with E-state index in [4.69, 9.17) is 4.42 Å². The standard InChI is InChI=1S/C20H15NO/c1-14-7-9-16(10-8-14)20-21-18-12-11-17(13-19(18)22-20)15-5-3-2-4-6-15/h2-13H,1H3. The molecule has 3 aromatic carbocycles. The Morgan fingerprint density at radius 1 is 0.727 bits per heavy atom. The highest BCUT2D eigenvalue weighted by atomic mass is 16.3. The highest BCUT2D eigenvalue weighted by Gasteiger charge is 2.09. The van der Waals surface area contributed by atoms with Gasteiger partial charge < -0.3 is 4.42 Å². The van der Waals surface area contributed by atoms with Crippen LogP contribution in [0.2, 0.25) is 0 Å². The SMILES string of the molecule is Cc1ccc(-c2nc3ccc(-c4ccccc4)cc3o2)cc1. The van der Waals surface area contributed by atoms with Gasteiger partial charge >= 0.3 is 0 Å². The van der Waals surface area contributed by atoms with E-state index in [1.165, 1.54) is 11.1 Å². The first kappa shape index (κ1) is 12.8. The molecular formula is C20H15NO. The van der Waals surface area contributed by atoms with Crippen LogP contribution in [0.3, 0.4) is 0 Å². The average molecular weight is 285 g/mol. The first-order valence-electron chi connectivity index (χ1n) is 7.33. The number of benzene rings is 3. The van der Waals surface area contributed by atoms with Gasteiger partial charge in [0.2, 0.25) is 5.89 Å². The van der Waals surface area contributed by atoms with E-state index in [0.29, 0.717) is 5.89 Å². The van der Waals surface area contributed by atoms with E-state index >= 15 is 0 Å². The van der Waals surface area contributed by atoms with Crippen molar-refractivity contribution >= 4 is 11.1 Å². The van der Waals surface area contributed by atoms with Crippen LogP contribution in [0, 0.1) is 6.92 Å². The van der Waals surface area contributed by atoms with Gasteiger partial charge in [-0.1, -0.05) is 54.1 Å². The molecule has 0 saturated heterocycles. The van der Waals surface area contributed by atoms with Gasteiger partial charge in [0.05, 0.1) is 0 Å². The quantitative estimate of drug-likeness (QED) is 0.488. The number of fused-ring (bicyclic) bond motifs is 1. The molecule has 1 heterocycles. The van der Waals surface area contributed by atoms with Crippen molar-refractivity contribution in [1.29, 1.82) is 0 Å². The Labute approximate surface area is 129 Å². The van der Waals surface area contributed by atoms with Gasteiger partial charge in [0.25, 0.3) is 0 Å². The summed E-state index contributed by atoms with van der Waals surface area (Å²) in [5.41, 5.74) is 6.25. The van der Waals surface area contributed by atoms with Crippen molar-refractivity contribution in [2.45, 2.75) is 6.92 Å². The average Bonchev–Trinajstić information content (AvgIpc) is 2.99. The van der Waals surface area contributed by atoms with Gasteiger partial charge in [-0.25, -0.2) is 4.98 Å². The lowest BCUT2D eigenvalue weighted by molar-refractivity contribution is 0.620. The molecule has 0 amide bonds. The molecule has 4 rings (SSSR count). The summed E-state index contributed by atoms with van der Waals surface area (Å²) in [7, 11) is 0. The first-order valence-corrected chi connectivity index (χ1v) is 7.33. The molecule has 0 radical (unpaired) electrons. The van der Waals surface area contributed by atoms with Crippen LogP contribution in [0.15, 0.2) is 77.2 Å². The zero-order chi connectivity index (χ0) is 14.9. The summed E-state index contributed by atoms with van der Waals surface area (Å²) in [4.78, 5) is 4.58. The molecule has 0 atom stereocenters. The number of hydrogen-bond donors (Lipinski definition) is 0. The van der Waals surface area contributed by atoms with Crippen LogP contribution in [0.4, 0.5) is 0 Å². The molecule has 22 heavy (non-hydrogen) atoms. The summed E-state index contributed by atoms with van der Waals surface area (Å²) in [5.74, 6) is 0.667. The minimum Gasteiger partial charge on any atom is -0.436 e. The molecule has 1 aromatic heterocycles. The molecule has 0 aliphatic heterocycles. The van der Waals surface area contributed by atoms with Crippen LogP contribution in [0.5, 0.6) is 0 Å². The zero-order valence-electron chi connectivity index (χ0n) is 12.3. The molecular weight excluding hydrogens is 270 g/mol. The summed E-state index contributed by atoms with van der Waals surface area (Å²) in [6, 6.07) is 24.7. The largest absolute Gasteiger partial charge is 0.436 e. The monoisotopic (exact) mass is 285 g/mol. The van der Waals surface area contributed by atoms with Crippen LogP contribution in [0.25, 0.3) is 33.7 Å². The number of rotatable bonds is 2. The molecule has 0 spiro atoms. The normalized spacial score (nSPS) is 11.0. The number of oxazole rings is 1. The van der Waals surface area contributed by atoms with Crippen LogP contribution < -0.4 is 0 Å². The highest BCUT2D eigenvalue weighted by Crippen LogP contribution is 2.28. The molecule has 0 bridgehead atoms. The van der Waals surface area contributed by atoms with Crippen LogP contribution in [0.1, 0.15) is 5.56 Å². The fourth-order valence-corrected chi connectivity index (χ4v) is 2.55. The minimum absolute atomic E-state index is 0.667. The summed E-state index contributed by atoms with van der Waals surface area (Å²) < 4.78 is 5.94. The molecule has 4 aromatic rings. The van der Waals surface area contributed by atoms with E-state index in [2.05, 4.69) is 48.3 Å². The maximum Gasteiger partial charge on any atom is 0.227 e. The number of aromatic nitrogens is 1. The Morgan fingerprint density at radius 2 is 1.45 bits per heavy atom. The number of aryl methyl sites for hydroxylation is 1. The van der Waals surface area contributed by atoms with Crippen molar-refractivity contribution in [2.24, 2.45) is 0 Å². The van der Waals surface area contributed by atoms with Crippen molar-refractivity contribution < 1.29 is 4.42 Å². The fourth-order valence-electron chi connectivity index (χ4n) is 2.55. The van der Waals surface area contributed by atoms with Gasteiger partial charge in [0.1, 0.15) is 5.52 Å². The van der Waals surface area contributed by atoms with Crippen molar-refractivity contribution in [1.82, 2.24) is 4.98 Å². The van der Waals surface area contributed by atoms with Crippen molar-refractivity contribution in [3.05, 3.63) is 78.4 Å². The zero-order valence-corrected chi connectivity index (χ0v) is 12.3. The number of nitrogens with zero attached hydrogens (tertiary/aromatic N) is 1. The Bertz CT molecular complexity index is 921. The van der Waals surface area contributed by atoms with E-state index in [9.17, 15) is 0 Å². The summed E-state index contributed by atoms with van der Waals surface area (Å²) in [6.45, 7) is 2.07. The number of hydrogen-bond acceptors (Lipinski definition) is 2. The van der Waals surface area contributed by atoms with Crippen LogP contribution in [-0.2, 0) is 0 Å². The van der Waals surface area contributed by atoms with Crippen molar-refractivity contribution in [3.8, 4) is 22.6 Å². The molecule has 0 fully saturated rings. The molecule has 2 heteroatoms. The fraction of sp³-hybridized carbons (Fsp3) is 0.0500. The first-order chi connectivity index (χ1) is 10.8. The smallest absolute Gasteiger partial charge is 0.227 e. The van der Waals surface area contributed by atoms with Gasteiger partial charge in [-0.15, -0.1) is 0 Å². The maximum atomic E-state index is 5.94. The Kier molecular flexibility index (Phi) is 3.01. The minimum atomic E-state index is 0.667. The summed E-state index contributed by atoms with van der Waals surface area (Å²) >= 11 is 0. The lowest BCUT2D eigenvalue weighted by Gasteiger charge is -1.99. The third kappa shape index (κ3) is 2.29. The van der Waals surface area contributed by atoms with Crippen molar-refractivity contribution in [2.75, 3.05) is 0 Å². The Balaban J connectivity index is 1.80. The van der Waals surface area contributed by atoms with Crippen molar-refractivity contribution in [3.63, 3.8) is 0 Å². The van der Waals surface area contributed by atoms with E-state index < -0.39 is 0 Å². The predicted molar refractivity (Wildman–Crippen MR) is 89.6 cm³/mol. The lowest BCUT2D eigenvalue weighted by atomic mass is 10.1. The molecule has 0 aliphatic carbocycles. The van der Waals surface area contributed by atoms with Gasteiger partial charge in [0.15, 0.2) is 5.58 Å². The Morgan fingerprint density at radius 3 is 2.23 bits per heavy atom. The van der Waals surface area contributed by atoms with Gasteiger partial charge in [0, 0.05) is 5.56 Å².